The Labute approximate surface area is 234 Å². The van der Waals surface area contributed by atoms with E-state index in [-0.39, 0.29) is 29.2 Å². The average Bonchev–Trinajstić information content (AvgIpc) is 3.55. The number of likely N-dealkylation sites (tertiary alicyclic amines) is 1. The first-order chi connectivity index (χ1) is 19.8. The monoisotopic (exact) mass is 548 g/mol. The number of anilines is 2. The summed E-state index contributed by atoms with van der Waals surface area (Å²) in [5.41, 5.74) is 3.80. The van der Waals surface area contributed by atoms with Crippen molar-refractivity contribution < 1.29 is 14.3 Å². The van der Waals surface area contributed by atoms with Crippen LogP contribution in [0.25, 0.3) is 22.7 Å². The van der Waals surface area contributed by atoms with E-state index >= 15 is 0 Å². The lowest BCUT2D eigenvalue weighted by molar-refractivity contribution is -0.0195. The van der Waals surface area contributed by atoms with Crippen LogP contribution in [0, 0.1) is 18.3 Å². The minimum Gasteiger partial charge on any atom is -0.378 e. The SMILES string of the molecule is COC1CN(C(=O)c2ccc(Nc3ccc4c(c3)ncn4-c3ccc(C(C)=O)c(-n4nc(C#N)cc4C)n3)nn2)C1. The average molecular weight is 549 g/mol. The molecule has 4 aromatic heterocycles. The normalized spacial score (nSPS) is 13.2. The summed E-state index contributed by atoms with van der Waals surface area (Å²) in [5, 5.41) is 25.0. The molecule has 1 amide bonds. The van der Waals surface area contributed by atoms with Gasteiger partial charge in [0.2, 0.25) is 0 Å². The van der Waals surface area contributed by atoms with Crippen molar-refractivity contribution in [3.63, 3.8) is 0 Å². The highest BCUT2D eigenvalue weighted by atomic mass is 16.5. The summed E-state index contributed by atoms with van der Waals surface area (Å²) in [4.78, 5) is 35.8. The van der Waals surface area contributed by atoms with Crippen LogP contribution in [0.15, 0.2) is 54.9 Å². The third-order valence-corrected chi connectivity index (χ3v) is 6.86. The van der Waals surface area contributed by atoms with Crippen LogP contribution in [0.5, 0.6) is 0 Å². The summed E-state index contributed by atoms with van der Waals surface area (Å²) in [7, 11) is 1.63. The number of aryl methyl sites for hydroxylation is 1. The minimum atomic E-state index is -0.175. The standard InChI is InChI=1S/C28H24N10O3/c1-16-10-19(12-29)35-38(16)27-21(17(2)39)5-9-26(32-27)37-15-30-23-11-18(4-7-24(23)37)31-25-8-6-22(33-34-25)28(40)36-13-20(14-36)41-3/h4-11,15,20H,13-14H2,1-3H3,(H,31,34). The van der Waals surface area contributed by atoms with E-state index in [0.717, 1.165) is 11.2 Å². The summed E-state index contributed by atoms with van der Waals surface area (Å²) in [5.74, 6) is 1.01. The molecule has 13 heteroatoms. The lowest BCUT2D eigenvalue weighted by atomic mass is 10.1. The number of imidazole rings is 1. The van der Waals surface area contributed by atoms with E-state index < -0.39 is 0 Å². The molecule has 5 heterocycles. The van der Waals surface area contributed by atoms with Gasteiger partial charge in [-0.15, -0.1) is 10.2 Å². The van der Waals surface area contributed by atoms with Crippen LogP contribution in [0.3, 0.4) is 0 Å². The summed E-state index contributed by atoms with van der Waals surface area (Å²) in [6.45, 7) is 4.36. The molecule has 5 aromatic rings. The number of ether oxygens (including phenoxy) is 1. The highest BCUT2D eigenvalue weighted by Crippen LogP contribution is 2.25. The number of nitriles is 1. The number of hydrogen-bond donors (Lipinski definition) is 1. The summed E-state index contributed by atoms with van der Waals surface area (Å²) < 4.78 is 8.52. The second-order valence-corrected chi connectivity index (χ2v) is 9.61. The number of nitrogens with one attached hydrogen (secondary N) is 1. The van der Waals surface area contributed by atoms with Crippen molar-refractivity contribution in [1.29, 1.82) is 5.26 Å². The number of methoxy groups -OCH3 is 1. The molecule has 0 spiro atoms. The van der Waals surface area contributed by atoms with Gasteiger partial charge in [-0.05, 0) is 62.4 Å². The van der Waals surface area contributed by atoms with E-state index in [9.17, 15) is 14.9 Å². The van der Waals surface area contributed by atoms with E-state index in [0.29, 0.717) is 47.3 Å². The maximum atomic E-state index is 12.5. The first kappa shape index (κ1) is 25.8. The van der Waals surface area contributed by atoms with Gasteiger partial charge in [0.1, 0.15) is 18.2 Å². The van der Waals surface area contributed by atoms with E-state index in [1.807, 2.05) is 24.3 Å². The van der Waals surface area contributed by atoms with Gasteiger partial charge in [-0.3, -0.25) is 14.2 Å². The van der Waals surface area contributed by atoms with Crippen molar-refractivity contribution in [2.45, 2.75) is 20.0 Å². The number of fused-ring (bicyclic) bond motifs is 1. The zero-order valence-corrected chi connectivity index (χ0v) is 22.4. The smallest absolute Gasteiger partial charge is 0.274 e. The van der Waals surface area contributed by atoms with Crippen LogP contribution in [0.2, 0.25) is 0 Å². The maximum absolute atomic E-state index is 12.5. The van der Waals surface area contributed by atoms with Crippen LogP contribution in [-0.4, -0.2) is 77.4 Å². The number of benzene rings is 1. The fraction of sp³-hybridized carbons (Fsp3) is 0.214. The van der Waals surface area contributed by atoms with Gasteiger partial charge in [-0.25, -0.2) is 14.6 Å². The van der Waals surface area contributed by atoms with Gasteiger partial charge in [-0.2, -0.15) is 10.4 Å². The van der Waals surface area contributed by atoms with Crippen LogP contribution < -0.4 is 5.32 Å². The minimum absolute atomic E-state index is 0.0715. The van der Waals surface area contributed by atoms with Crippen LogP contribution in [0.1, 0.15) is 39.2 Å². The number of rotatable bonds is 7. The van der Waals surface area contributed by atoms with Gasteiger partial charge in [0.05, 0.1) is 22.7 Å². The van der Waals surface area contributed by atoms with Crippen molar-refractivity contribution in [1.82, 2.24) is 39.4 Å². The fourth-order valence-corrected chi connectivity index (χ4v) is 4.60. The number of amides is 1. The predicted molar refractivity (Wildman–Crippen MR) is 147 cm³/mol. The number of Topliss-reactive ketones (excluding diaryl/α,β-unsaturated/α-hetero) is 1. The van der Waals surface area contributed by atoms with Crippen molar-refractivity contribution in [2.75, 3.05) is 25.5 Å². The Morgan fingerprint density at radius 1 is 1.10 bits per heavy atom. The number of carbonyl (C=O) groups excluding carboxylic acids is 2. The fourth-order valence-electron chi connectivity index (χ4n) is 4.60. The van der Waals surface area contributed by atoms with Crippen LogP contribution in [-0.2, 0) is 4.74 Å². The predicted octanol–water partition coefficient (Wildman–Crippen LogP) is 2.99. The highest BCUT2D eigenvalue weighted by Gasteiger charge is 2.31. The number of nitrogens with zero attached hydrogens (tertiary/aromatic N) is 9. The number of hydrogen-bond acceptors (Lipinski definition) is 10. The molecule has 1 fully saturated rings. The Kier molecular flexibility index (Phi) is 6.44. The summed E-state index contributed by atoms with van der Waals surface area (Å²) >= 11 is 0. The number of ketones is 1. The van der Waals surface area contributed by atoms with E-state index in [1.54, 1.807) is 60.2 Å². The quantitative estimate of drug-likeness (QED) is 0.300. The van der Waals surface area contributed by atoms with Crippen molar-refractivity contribution in [3.8, 4) is 17.7 Å². The molecule has 0 radical (unpaired) electrons. The first-order valence-corrected chi connectivity index (χ1v) is 12.7. The Morgan fingerprint density at radius 2 is 1.93 bits per heavy atom. The van der Waals surface area contributed by atoms with E-state index in [2.05, 4.69) is 25.6 Å². The number of aromatic nitrogens is 7. The third kappa shape index (κ3) is 4.77. The molecular weight excluding hydrogens is 524 g/mol. The highest BCUT2D eigenvalue weighted by molar-refractivity contribution is 5.97. The first-order valence-electron chi connectivity index (χ1n) is 12.7. The van der Waals surface area contributed by atoms with Crippen LogP contribution >= 0.6 is 0 Å². The Morgan fingerprint density at radius 3 is 2.61 bits per heavy atom. The zero-order chi connectivity index (χ0) is 28.7. The lowest BCUT2D eigenvalue weighted by Crippen LogP contribution is -2.54. The van der Waals surface area contributed by atoms with Gasteiger partial charge in [-0.1, -0.05) is 0 Å². The second kappa shape index (κ2) is 10.2. The molecule has 1 aliphatic rings. The second-order valence-electron chi connectivity index (χ2n) is 9.61. The van der Waals surface area contributed by atoms with Gasteiger partial charge < -0.3 is 15.0 Å². The van der Waals surface area contributed by atoms with E-state index in [1.165, 1.54) is 11.6 Å². The summed E-state index contributed by atoms with van der Waals surface area (Å²) in [6.07, 6.45) is 1.72. The van der Waals surface area contributed by atoms with Gasteiger partial charge >= 0.3 is 0 Å². The third-order valence-electron chi connectivity index (χ3n) is 6.86. The Hall–Kier alpha value is -5.48. The van der Waals surface area contributed by atoms with Crippen molar-refractivity contribution in [2.24, 2.45) is 0 Å². The topological polar surface area (TPSA) is 157 Å². The molecule has 0 aliphatic carbocycles. The molecule has 0 saturated carbocycles. The molecule has 0 unspecified atom stereocenters. The largest absolute Gasteiger partial charge is 0.378 e. The molecule has 1 saturated heterocycles. The molecule has 1 aliphatic heterocycles. The van der Waals surface area contributed by atoms with Crippen molar-refractivity contribution >= 4 is 34.2 Å². The molecule has 0 atom stereocenters. The molecule has 13 nitrogen and oxygen atoms in total. The van der Waals surface area contributed by atoms with Gasteiger partial charge in [0.15, 0.2) is 28.8 Å². The molecule has 1 aromatic carbocycles. The zero-order valence-electron chi connectivity index (χ0n) is 22.4. The van der Waals surface area contributed by atoms with Crippen LogP contribution in [0.4, 0.5) is 11.5 Å². The van der Waals surface area contributed by atoms with Gasteiger partial charge in [0, 0.05) is 31.6 Å². The Balaban J connectivity index is 1.25. The number of pyridine rings is 1. The molecule has 41 heavy (non-hydrogen) atoms. The maximum Gasteiger partial charge on any atom is 0.274 e. The van der Waals surface area contributed by atoms with Crippen molar-refractivity contribution in [3.05, 3.63) is 77.5 Å². The lowest BCUT2D eigenvalue weighted by Gasteiger charge is -2.37. The molecule has 6 rings (SSSR count). The molecule has 1 N–H and O–H groups in total. The molecular formula is C28H24N10O3. The Bertz CT molecular complexity index is 1850. The molecule has 204 valence electrons. The number of carbonyl (C=O) groups is 2. The molecule has 0 bridgehead atoms. The van der Waals surface area contributed by atoms with Gasteiger partial charge in [0.25, 0.3) is 5.91 Å². The summed E-state index contributed by atoms with van der Waals surface area (Å²) in [6, 6.07) is 16.1. The van der Waals surface area contributed by atoms with E-state index in [4.69, 9.17) is 9.72 Å².